The van der Waals surface area contributed by atoms with Crippen LogP contribution in [0, 0.1) is 5.41 Å². The van der Waals surface area contributed by atoms with E-state index in [0.29, 0.717) is 6.42 Å². The maximum atomic E-state index is 12.8. The van der Waals surface area contributed by atoms with Crippen LogP contribution >= 0.6 is 15.9 Å². The number of hydrogen-bond acceptors (Lipinski definition) is 6. The van der Waals surface area contributed by atoms with Crippen molar-refractivity contribution in [2.24, 2.45) is 5.41 Å². The minimum absolute atomic E-state index is 0.0521. The standard InChI is InChI=1S/C21H28BrNO6/c1-19(2,3)29-18(26)23-13-12-21(11-10-14-6-8-15(22)9-7-14)16(24)27-20(4,5)28-17(21)25/h6-9H,10-13H2,1-5H3,(H,23,26). The van der Waals surface area contributed by atoms with E-state index in [1.54, 1.807) is 20.8 Å². The number of halogens is 1. The van der Waals surface area contributed by atoms with Gasteiger partial charge < -0.3 is 19.5 Å². The molecule has 0 spiro atoms. The highest BCUT2D eigenvalue weighted by Crippen LogP contribution is 2.39. The number of nitrogens with one attached hydrogen (secondary N) is 1. The summed E-state index contributed by atoms with van der Waals surface area (Å²) in [5.74, 6) is -2.59. The van der Waals surface area contributed by atoms with Crippen LogP contribution in [0.4, 0.5) is 4.79 Å². The molecular formula is C21H28BrNO6. The molecular weight excluding hydrogens is 442 g/mol. The molecule has 0 bridgehead atoms. The maximum Gasteiger partial charge on any atom is 0.407 e. The first-order valence-electron chi connectivity index (χ1n) is 9.51. The number of alkyl carbamates (subject to hydrolysis) is 1. The van der Waals surface area contributed by atoms with Gasteiger partial charge in [-0.2, -0.15) is 0 Å². The van der Waals surface area contributed by atoms with Gasteiger partial charge >= 0.3 is 18.0 Å². The molecule has 1 saturated heterocycles. The first-order chi connectivity index (χ1) is 13.3. The number of carbonyl (C=O) groups excluding carboxylic acids is 3. The molecule has 1 N–H and O–H groups in total. The average Bonchev–Trinajstić information content (AvgIpc) is 2.55. The minimum atomic E-state index is -1.49. The monoisotopic (exact) mass is 469 g/mol. The number of esters is 2. The number of amides is 1. The van der Waals surface area contributed by atoms with Crippen LogP contribution in [0.25, 0.3) is 0 Å². The Balaban J connectivity index is 2.13. The Morgan fingerprint density at radius 2 is 1.62 bits per heavy atom. The fourth-order valence-electron chi connectivity index (χ4n) is 2.98. The van der Waals surface area contributed by atoms with E-state index in [-0.39, 0.29) is 19.4 Å². The normalized spacial score (nSPS) is 17.9. The lowest BCUT2D eigenvalue weighted by molar-refractivity contribution is -0.252. The Bertz CT molecular complexity index is 746. The van der Waals surface area contributed by atoms with Gasteiger partial charge in [-0.25, -0.2) is 4.79 Å². The maximum absolute atomic E-state index is 12.8. The first-order valence-corrected chi connectivity index (χ1v) is 10.3. The van der Waals surface area contributed by atoms with Crippen LogP contribution in [0.2, 0.25) is 0 Å². The van der Waals surface area contributed by atoms with E-state index in [0.717, 1.165) is 10.0 Å². The predicted molar refractivity (Wildman–Crippen MR) is 110 cm³/mol. The van der Waals surface area contributed by atoms with Crippen LogP contribution in [0.5, 0.6) is 0 Å². The Hall–Kier alpha value is -2.09. The highest BCUT2D eigenvalue weighted by Gasteiger charge is 2.55. The number of aryl methyl sites for hydroxylation is 1. The largest absolute Gasteiger partial charge is 0.444 e. The zero-order valence-electron chi connectivity index (χ0n) is 17.5. The Morgan fingerprint density at radius 3 is 2.14 bits per heavy atom. The topological polar surface area (TPSA) is 90.9 Å². The molecule has 1 heterocycles. The fourth-order valence-corrected chi connectivity index (χ4v) is 3.24. The summed E-state index contributed by atoms with van der Waals surface area (Å²) in [4.78, 5) is 37.6. The number of ether oxygens (including phenoxy) is 3. The minimum Gasteiger partial charge on any atom is -0.444 e. The predicted octanol–water partition coefficient (Wildman–Crippen LogP) is 4.12. The molecule has 1 aliphatic heterocycles. The van der Waals surface area contributed by atoms with Crippen molar-refractivity contribution in [1.82, 2.24) is 5.32 Å². The van der Waals surface area contributed by atoms with E-state index in [1.807, 2.05) is 24.3 Å². The fraction of sp³-hybridized carbons (Fsp3) is 0.571. The van der Waals surface area contributed by atoms with Crippen LogP contribution in [0.1, 0.15) is 53.0 Å². The van der Waals surface area contributed by atoms with Crippen LogP contribution in [-0.2, 0) is 30.2 Å². The summed E-state index contributed by atoms with van der Waals surface area (Å²) in [6.07, 6.45) is 0.123. The summed E-state index contributed by atoms with van der Waals surface area (Å²) in [6, 6.07) is 7.62. The molecule has 29 heavy (non-hydrogen) atoms. The summed E-state index contributed by atoms with van der Waals surface area (Å²) >= 11 is 3.38. The number of carbonyl (C=O) groups is 3. The number of rotatable bonds is 6. The summed E-state index contributed by atoms with van der Waals surface area (Å²) in [5, 5.41) is 2.60. The summed E-state index contributed by atoms with van der Waals surface area (Å²) in [7, 11) is 0. The second-order valence-electron chi connectivity index (χ2n) is 8.57. The molecule has 0 atom stereocenters. The first kappa shape index (κ1) is 23.2. The van der Waals surface area contributed by atoms with Gasteiger partial charge in [0.25, 0.3) is 5.79 Å². The van der Waals surface area contributed by atoms with E-state index in [9.17, 15) is 14.4 Å². The summed E-state index contributed by atoms with van der Waals surface area (Å²) < 4.78 is 16.9. The van der Waals surface area contributed by atoms with Gasteiger partial charge in [-0.15, -0.1) is 0 Å². The van der Waals surface area contributed by atoms with E-state index in [4.69, 9.17) is 14.2 Å². The molecule has 160 valence electrons. The number of benzene rings is 1. The van der Waals surface area contributed by atoms with Gasteiger partial charge in [0.05, 0.1) is 0 Å². The molecule has 2 rings (SSSR count). The average molecular weight is 470 g/mol. The van der Waals surface area contributed by atoms with E-state index in [1.165, 1.54) is 13.8 Å². The van der Waals surface area contributed by atoms with Gasteiger partial charge in [0, 0.05) is 24.9 Å². The highest BCUT2D eigenvalue weighted by atomic mass is 79.9. The molecule has 0 unspecified atom stereocenters. The van der Waals surface area contributed by atoms with Crippen molar-refractivity contribution in [2.75, 3.05) is 6.54 Å². The SMILES string of the molecule is CC(C)(C)OC(=O)NCCC1(CCc2ccc(Br)cc2)C(=O)OC(C)(C)OC1=O. The highest BCUT2D eigenvalue weighted by molar-refractivity contribution is 9.10. The van der Waals surface area contributed by atoms with Crippen molar-refractivity contribution in [1.29, 1.82) is 0 Å². The Labute approximate surface area is 179 Å². The third-order valence-corrected chi connectivity index (χ3v) is 4.96. The van der Waals surface area contributed by atoms with Crippen molar-refractivity contribution >= 4 is 34.0 Å². The van der Waals surface area contributed by atoms with E-state index < -0.39 is 34.8 Å². The zero-order valence-corrected chi connectivity index (χ0v) is 19.1. The van der Waals surface area contributed by atoms with Crippen molar-refractivity contribution in [3.05, 3.63) is 34.3 Å². The molecule has 0 saturated carbocycles. The molecule has 1 fully saturated rings. The summed E-state index contributed by atoms with van der Waals surface area (Å²) in [5.41, 5.74) is -1.16. The van der Waals surface area contributed by atoms with E-state index in [2.05, 4.69) is 21.2 Å². The molecule has 0 radical (unpaired) electrons. The van der Waals surface area contributed by atoms with Crippen molar-refractivity contribution in [3.63, 3.8) is 0 Å². The molecule has 0 aliphatic carbocycles. The summed E-state index contributed by atoms with van der Waals surface area (Å²) in [6.45, 7) is 8.36. The van der Waals surface area contributed by atoms with E-state index >= 15 is 0 Å². The van der Waals surface area contributed by atoms with Crippen molar-refractivity contribution in [2.45, 2.75) is 65.3 Å². The van der Waals surface area contributed by atoms with Crippen LogP contribution in [0.3, 0.4) is 0 Å². The third kappa shape index (κ3) is 6.45. The third-order valence-electron chi connectivity index (χ3n) is 4.43. The van der Waals surface area contributed by atoms with Crippen LogP contribution < -0.4 is 5.32 Å². The molecule has 0 aromatic heterocycles. The lowest BCUT2D eigenvalue weighted by Gasteiger charge is -2.40. The van der Waals surface area contributed by atoms with Gasteiger partial charge in [0.15, 0.2) is 5.41 Å². The lowest BCUT2D eigenvalue weighted by Crippen LogP contribution is -2.55. The zero-order chi connectivity index (χ0) is 21.9. The quantitative estimate of drug-likeness (QED) is 0.497. The van der Waals surface area contributed by atoms with Gasteiger partial charge in [-0.1, -0.05) is 28.1 Å². The molecule has 1 aromatic rings. The van der Waals surface area contributed by atoms with Crippen molar-refractivity contribution in [3.8, 4) is 0 Å². The smallest absolute Gasteiger partial charge is 0.407 e. The number of cyclic esters (lactones) is 2. The second kappa shape index (κ2) is 8.73. The molecule has 1 aliphatic rings. The second-order valence-corrected chi connectivity index (χ2v) is 9.48. The van der Waals surface area contributed by atoms with Gasteiger partial charge in [0.2, 0.25) is 0 Å². The Kier molecular flexibility index (Phi) is 6.98. The molecule has 8 heteroatoms. The number of hydrogen-bond donors (Lipinski definition) is 1. The van der Waals surface area contributed by atoms with Gasteiger partial charge in [-0.05, 0) is 57.7 Å². The molecule has 1 aromatic carbocycles. The van der Waals surface area contributed by atoms with Crippen LogP contribution in [-0.4, -0.2) is 36.0 Å². The molecule has 7 nitrogen and oxygen atoms in total. The van der Waals surface area contributed by atoms with Gasteiger partial charge in [-0.3, -0.25) is 9.59 Å². The van der Waals surface area contributed by atoms with Crippen molar-refractivity contribution < 1.29 is 28.6 Å². The lowest BCUT2D eigenvalue weighted by atomic mass is 9.78. The Morgan fingerprint density at radius 1 is 1.07 bits per heavy atom. The van der Waals surface area contributed by atoms with Gasteiger partial charge in [0.1, 0.15) is 5.60 Å². The molecule has 1 amide bonds. The van der Waals surface area contributed by atoms with Crippen LogP contribution in [0.15, 0.2) is 28.7 Å².